The molecule has 9 heteroatoms. The monoisotopic (exact) mass is 440 g/mol. The fourth-order valence-electron chi connectivity index (χ4n) is 3.24. The summed E-state index contributed by atoms with van der Waals surface area (Å²) < 4.78 is 13.1. The number of nitrogens with zero attached hydrogens (tertiary/aromatic N) is 3. The van der Waals surface area contributed by atoms with Crippen LogP contribution in [0.5, 0.6) is 11.5 Å². The van der Waals surface area contributed by atoms with E-state index in [2.05, 4.69) is 15.5 Å². The summed E-state index contributed by atoms with van der Waals surface area (Å²) >= 11 is 1.38. The highest BCUT2D eigenvalue weighted by molar-refractivity contribution is 7.99. The van der Waals surface area contributed by atoms with E-state index in [1.165, 1.54) is 16.7 Å². The van der Waals surface area contributed by atoms with Gasteiger partial charge in [-0.15, -0.1) is 10.2 Å². The Bertz CT molecular complexity index is 988. The number of ether oxygens (including phenoxy) is 2. The lowest BCUT2D eigenvalue weighted by Gasteiger charge is -2.23. The molecular weight excluding hydrogens is 414 g/mol. The van der Waals surface area contributed by atoms with Crippen molar-refractivity contribution >= 4 is 23.4 Å². The van der Waals surface area contributed by atoms with E-state index in [4.69, 9.17) is 9.47 Å². The lowest BCUT2D eigenvalue weighted by Crippen LogP contribution is -3.12. The predicted molar refractivity (Wildman–Crippen MR) is 119 cm³/mol. The van der Waals surface area contributed by atoms with Crippen LogP contribution in [0.4, 0.5) is 5.69 Å². The van der Waals surface area contributed by atoms with Crippen LogP contribution in [0.2, 0.25) is 0 Å². The van der Waals surface area contributed by atoms with Crippen molar-refractivity contribution in [3.8, 4) is 11.5 Å². The molecule has 0 aliphatic carbocycles. The van der Waals surface area contributed by atoms with Crippen LogP contribution in [0, 0.1) is 0 Å². The van der Waals surface area contributed by atoms with Crippen LogP contribution in [-0.2, 0) is 23.1 Å². The molecule has 31 heavy (non-hydrogen) atoms. The maximum Gasteiger partial charge on any atom is 0.234 e. The predicted octanol–water partition coefficient (Wildman–Crippen LogP) is 1.75. The quantitative estimate of drug-likeness (QED) is 0.520. The lowest BCUT2D eigenvalue weighted by atomic mass is 10.3. The Morgan fingerprint density at radius 2 is 1.81 bits per heavy atom. The second-order valence-corrected chi connectivity index (χ2v) is 8.22. The average Bonchev–Trinajstić information content (AvgIpc) is 3.14. The second-order valence-electron chi connectivity index (χ2n) is 7.27. The van der Waals surface area contributed by atoms with Crippen LogP contribution >= 0.6 is 11.8 Å². The van der Waals surface area contributed by atoms with Gasteiger partial charge in [-0.1, -0.05) is 30.0 Å². The summed E-state index contributed by atoms with van der Waals surface area (Å²) in [7, 11) is 1.95. The van der Waals surface area contributed by atoms with E-state index in [9.17, 15) is 4.79 Å². The zero-order valence-corrected chi connectivity index (χ0v) is 18.2. The smallest absolute Gasteiger partial charge is 0.234 e. The van der Waals surface area contributed by atoms with E-state index < -0.39 is 0 Å². The fourth-order valence-corrected chi connectivity index (χ4v) is 3.97. The molecule has 1 fully saturated rings. The first-order valence-electron chi connectivity index (χ1n) is 10.2. The van der Waals surface area contributed by atoms with Crippen molar-refractivity contribution in [1.29, 1.82) is 0 Å². The van der Waals surface area contributed by atoms with Crippen LogP contribution in [0.3, 0.4) is 0 Å². The van der Waals surface area contributed by atoms with Crippen LogP contribution < -0.4 is 15.0 Å². The Kier molecular flexibility index (Phi) is 7.18. The van der Waals surface area contributed by atoms with Crippen molar-refractivity contribution in [2.75, 3.05) is 37.4 Å². The normalized spacial score (nSPS) is 14.4. The lowest BCUT2D eigenvalue weighted by molar-refractivity contribution is -0.922. The highest BCUT2D eigenvalue weighted by atomic mass is 32.2. The van der Waals surface area contributed by atoms with Gasteiger partial charge >= 0.3 is 0 Å². The Morgan fingerprint density at radius 3 is 2.55 bits per heavy atom. The second kappa shape index (κ2) is 10.4. The first-order valence-corrected chi connectivity index (χ1v) is 11.2. The number of carbonyl (C=O) groups excluding carboxylic acids is 1. The van der Waals surface area contributed by atoms with E-state index in [1.54, 1.807) is 0 Å². The van der Waals surface area contributed by atoms with Crippen molar-refractivity contribution in [2.45, 2.75) is 11.7 Å². The minimum atomic E-state index is -0.0925. The number of quaternary nitrogens is 1. The number of morpholine rings is 1. The van der Waals surface area contributed by atoms with Crippen molar-refractivity contribution in [3.05, 3.63) is 60.4 Å². The zero-order chi connectivity index (χ0) is 21.5. The van der Waals surface area contributed by atoms with Crippen molar-refractivity contribution in [3.63, 3.8) is 0 Å². The minimum Gasteiger partial charge on any atom is -0.457 e. The molecule has 2 N–H and O–H groups in total. The number of para-hydroxylation sites is 1. The largest absolute Gasteiger partial charge is 0.457 e. The number of nitrogens with one attached hydrogen (secondary N) is 2. The third kappa shape index (κ3) is 6.06. The molecule has 1 aliphatic rings. The van der Waals surface area contributed by atoms with Gasteiger partial charge in [0, 0.05) is 12.7 Å². The van der Waals surface area contributed by atoms with E-state index in [0.717, 1.165) is 55.3 Å². The summed E-state index contributed by atoms with van der Waals surface area (Å²) in [5.74, 6) is 2.58. The van der Waals surface area contributed by atoms with Gasteiger partial charge in [-0.05, 0) is 36.4 Å². The molecule has 162 valence electrons. The molecule has 0 spiro atoms. The third-order valence-corrected chi connectivity index (χ3v) is 6.00. The molecule has 0 unspecified atom stereocenters. The molecule has 0 radical (unpaired) electrons. The summed E-state index contributed by atoms with van der Waals surface area (Å²) in [5, 5.41) is 12.2. The van der Waals surface area contributed by atoms with E-state index in [-0.39, 0.29) is 11.7 Å². The van der Waals surface area contributed by atoms with Crippen LogP contribution in [-0.4, -0.2) is 52.7 Å². The van der Waals surface area contributed by atoms with Gasteiger partial charge in [-0.25, -0.2) is 0 Å². The van der Waals surface area contributed by atoms with Crippen LogP contribution in [0.15, 0.2) is 59.8 Å². The van der Waals surface area contributed by atoms with Crippen LogP contribution in [0.1, 0.15) is 5.82 Å². The molecule has 1 saturated heterocycles. The zero-order valence-electron chi connectivity index (χ0n) is 17.4. The van der Waals surface area contributed by atoms with Crippen molar-refractivity contribution in [1.82, 2.24) is 14.8 Å². The highest BCUT2D eigenvalue weighted by Gasteiger charge is 2.19. The Labute approximate surface area is 185 Å². The topological polar surface area (TPSA) is 82.7 Å². The van der Waals surface area contributed by atoms with Gasteiger partial charge in [0.1, 0.15) is 31.1 Å². The van der Waals surface area contributed by atoms with E-state index in [1.807, 2.05) is 66.2 Å². The van der Waals surface area contributed by atoms with Gasteiger partial charge < -0.3 is 24.3 Å². The number of anilines is 1. The number of hydrogen-bond acceptors (Lipinski definition) is 6. The number of thioether (sulfide) groups is 1. The molecule has 2 aromatic carbocycles. The summed E-state index contributed by atoms with van der Waals surface area (Å²) in [6, 6.07) is 16.9. The Hall–Kier alpha value is -2.88. The van der Waals surface area contributed by atoms with Crippen LogP contribution in [0.25, 0.3) is 0 Å². The van der Waals surface area contributed by atoms with Gasteiger partial charge in [0.05, 0.1) is 19.0 Å². The number of carbonyl (C=O) groups is 1. The van der Waals surface area contributed by atoms with Gasteiger partial charge in [-0.3, -0.25) is 4.79 Å². The molecule has 3 aromatic rings. The molecule has 0 atom stereocenters. The number of rotatable bonds is 8. The number of benzene rings is 2. The summed E-state index contributed by atoms with van der Waals surface area (Å²) in [4.78, 5) is 13.8. The fraction of sp³-hybridized carbons (Fsp3) is 0.318. The van der Waals surface area contributed by atoms with Gasteiger partial charge in [0.2, 0.25) is 5.91 Å². The maximum absolute atomic E-state index is 12.4. The Morgan fingerprint density at radius 1 is 1.10 bits per heavy atom. The first-order chi connectivity index (χ1) is 15.2. The standard InChI is InChI=1S/C22H25N5O3S/c1-26-20(15-27-11-13-29-14-12-27)24-25-22(26)31-16-21(28)23-17-7-9-19(10-8-17)30-18-5-3-2-4-6-18/h2-10H,11-16H2,1H3,(H,23,28)/p+1. The van der Waals surface area contributed by atoms with Gasteiger partial charge in [0.15, 0.2) is 11.0 Å². The molecule has 1 amide bonds. The molecule has 1 aromatic heterocycles. The highest BCUT2D eigenvalue weighted by Crippen LogP contribution is 2.23. The number of amides is 1. The van der Waals surface area contributed by atoms with Crippen molar-refractivity contribution < 1.29 is 19.2 Å². The molecule has 4 rings (SSSR count). The number of aromatic nitrogens is 3. The minimum absolute atomic E-state index is 0.0925. The first kappa shape index (κ1) is 21.4. The number of hydrogen-bond donors (Lipinski definition) is 2. The van der Waals surface area contributed by atoms with Gasteiger partial charge in [0.25, 0.3) is 0 Å². The summed E-state index contributed by atoms with van der Waals surface area (Å²) in [6.45, 7) is 4.35. The summed E-state index contributed by atoms with van der Waals surface area (Å²) in [5.41, 5.74) is 0.723. The Balaban J connectivity index is 1.25. The molecule has 0 bridgehead atoms. The molecule has 2 heterocycles. The molecule has 1 aliphatic heterocycles. The van der Waals surface area contributed by atoms with Crippen molar-refractivity contribution in [2.24, 2.45) is 7.05 Å². The van der Waals surface area contributed by atoms with E-state index >= 15 is 0 Å². The molecule has 8 nitrogen and oxygen atoms in total. The third-order valence-electron chi connectivity index (χ3n) is 4.98. The SMILES string of the molecule is Cn1c(C[NH+]2CCOCC2)nnc1SCC(=O)Nc1ccc(Oc2ccccc2)cc1. The molecular formula is C22H26N5O3S+. The van der Waals surface area contributed by atoms with Gasteiger partial charge in [-0.2, -0.15) is 0 Å². The molecule has 0 saturated carbocycles. The van der Waals surface area contributed by atoms with E-state index in [0.29, 0.717) is 5.75 Å². The average molecular weight is 441 g/mol. The summed E-state index contributed by atoms with van der Waals surface area (Å²) in [6.07, 6.45) is 0. The maximum atomic E-state index is 12.4.